The van der Waals surface area contributed by atoms with E-state index in [1.807, 2.05) is 6.07 Å². The third-order valence-electron chi connectivity index (χ3n) is 2.65. The first-order valence-corrected chi connectivity index (χ1v) is 6.47. The first-order chi connectivity index (χ1) is 7.00. The van der Waals surface area contributed by atoms with Crippen molar-refractivity contribution in [2.24, 2.45) is 0 Å². The van der Waals surface area contributed by atoms with Gasteiger partial charge >= 0.3 is 0 Å². The molecule has 15 heavy (non-hydrogen) atoms. The van der Waals surface area contributed by atoms with Crippen LogP contribution in [0, 0.1) is 0 Å². The SMILES string of the molecule is CC(=O)CC1CS(=O)(=O)c2ccccc21. The molecule has 0 aliphatic carbocycles. The molecule has 0 spiro atoms. The van der Waals surface area contributed by atoms with Crippen LogP contribution in [0.4, 0.5) is 0 Å². The first kappa shape index (κ1) is 10.4. The molecule has 1 unspecified atom stereocenters. The quantitative estimate of drug-likeness (QED) is 0.765. The Morgan fingerprint density at radius 2 is 2.07 bits per heavy atom. The molecule has 0 N–H and O–H groups in total. The molecule has 80 valence electrons. The van der Waals surface area contributed by atoms with E-state index >= 15 is 0 Å². The molecule has 0 saturated heterocycles. The fourth-order valence-corrected chi connectivity index (χ4v) is 3.95. The largest absolute Gasteiger partial charge is 0.300 e. The van der Waals surface area contributed by atoms with Gasteiger partial charge in [-0.2, -0.15) is 0 Å². The summed E-state index contributed by atoms with van der Waals surface area (Å²) in [6, 6.07) is 6.94. The lowest BCUT2D eigenvalue weighted by Crippen LogP contribution is -2.07. The Morgan fingerprint density at radius 1 is 1.40 bits per heavy atom. The molecule has 4 heteroatoms. The van der Waals surface area contributed by atoms with E-state index in [0.29, 0.717) is 11.3 Å². The minimum Gasteiger partial charge on any atom is -0.300 e. The van der Waals surface area contributed by atoms with E-state index in [2.05, 4.69) is 0 Å². The van der Waals surface area contributed by atoms with E-state index in [-0.39, 0.29) is 17.5 Å². The van der Waals surface area contributed by atoms with Crippen molar-refractivity contribution in [1.29, 1.82) is 0 Å². The predicted octanol–water partition coefficient (Wildman–Crippen LogP) is 1.54. The summed E-state index contributed by atoms with van der Waals surface area (Å²) in [5.74, 6) is -0.0399. The van der Waals surface area contributed by atoms with Gasteiger partial charge in [-0.25, -0.2) is 8.42 Å². The summed E-state index contributed by atoms with van der Waals surface area (Å²) >= 11 is 0. The first-order valence-electron chi connectivity index (χ1n) is 4.82. The molecule has 1 aliphatic rings. The Kier molecular flexibility index (Phi) is 2.38. The monoisotopic (exact) mass is 224 g/mol. The molecule has 1 heterocycles. The Bertz CT molecular complexity index is 502. The summed E-state index contributed by atoms with van der Waals surface area (Å²) < 4.78 is 23.5. The lowest BCUT2D eigenvalue weighted by molar-refractivity contribution is -0.117. The van der Waals surface area contributed by atoms with Gasteiger partial charge in [0, 0.05) is 12.3 Å². The molecular weight excluding hydrogens is 212 g/mol. The smallest absolute Gasteiger partial charge is 0.179 e. The van der Waals surface area contributed by atoms with Gasteiger partial charge in [0.25, 0.3) is 0 Å². The number of ketones is 1. The van der Waals surface area contributed by atoms with Crippen LogP contribution in [0.25, 0.3) is 0 Å². The van der Waals surface area contributed by atoms with Crippen molar-refractivity contribution >= 4 is 15.6 Å². The number of carbonyl (C=O) groups is 1. The summed E-state index contributed by atoms with van der Waals surface area (Å²) in [4.78, 5) is 11.4. The van der Waals surface area contributed by atoms with Crippen LogP contribution in [0.15, 0.2) is 29.2 Å². The van der Waals surface area contributed by atoms with Crippen molar-refractivity contribution in [3.8, 4) is 0 Å². The minimum absolute atomic E-state index is 0.0342. The number of Topliss-reactive ketones (excluding diaryl/α,β-unsaturated/α-hetero) is 1. The second-order valence-electron chi connectivity index (χ2n) is 3.92. The van der Waals surface area contributed by atoms with E-state index in [0.717, 1.165) is 5.56 Å². The fourth-order valence-electron chi connectivity index (χ4n) is 2.06. The molecule has 3 nitrogen and oxygen atoms in total. The topological polar surface area (TPSA) is 51.2 Å². The Balaban J connectivity index is 2.47. The van der Waals surface area contributed by atoms with Crippen LogP contribution in [0.3, 0.4) is 0 Å². The third-order valence-corrected chi connectivity index (χ3v) is 4.53. The van der Waals surface area contributed by atoms with Crippen LogP contribution in [-0.2, 0) is 14.6 Å². The van der Waals surface area contributed by atoms with Gasteiger partial charge in [-0.05, 0) is 18.6 Å². The van der Waals surface area contributed by atoms with E-state index in [1.165, 1.54) is 6.92 Å². The Hall–Kier alpha value is -1.16. The number of benzene rings is 1. The third kappa shape index (κ3) is 1.81. The molecule has 1 aromatic carbocycles. The second kappa shape index (κ2) is 3.45. The van der Waals surface area contributed by atoms with Crippen LogP contribution in [-0.4, -0.2) is 20.0 Å². The molecule has 1 aliphatic heterocycles. The molecule has 0 amide bonds. The average molecular weight is 224 g/mol. The molecular formula is C11H12O3S. The van der Waals surface area contributed by atoms with Crippen LogP contribution < -0.4 is 0 Å². The average Bonchev–Trinajstić information content (AvgIpc) is 2.39. The predicted molar refractivity (Wildman–Crippen MR) is 56.5 cm³/mol. The lowest BCUT2D eigenvalue weighted by atomic mass is 9.96. The molecule has 0 aromatic heterocycles. The summed E-state index contributed by atoms with van der Waals surface area (Å²) in [5.41, 5.74) is 0.799. The van der Waals surface area contributed by atoms with Gasteiger partial charge in [-0.3, -0.25) is 0 Å². The number of rotatable bonds is 2. The number of sulfone groups is 1. The number of hydrogen-bond acceptors (Lipinski definition) is 3. The van der Waals surface area contributed by atoms with E-state index in [4.69, 9.17) is 0 Å². The van der Waals surface area contributed by atoms with Gasteiger partial charge in [0.05, 0.1) is 10.6 Å². The lowest BCUT2D eigenvalue weighted by Gasteiger charge is -2.05. The zero-order valence-corrected chi connectivity index (χ0v) is 9.25. The van der Waals surface area contributed by atoms with Gasteiger partial charge in [0.15, 0.2) is 9.84 Å². The molecule has 0 saturated carbocycles. The van der Waals surface area contributed by atoms with Crippen LogP contribution in [0.5, 0.6) is 0 Å². The zero-order valence-electron chi connectivity index (χ0n) is 8.43. The van der Waals surface area contributed by atoms with Crippen molar-refractivity contribution in [2.45, 2.75) is 24.2 Å². The number of carbonyl (C=O) groups excluding carboxylic acids is 1. The maximum Gasteiger partial charge on any atom is 0.179 e. The van der Waals surface area contributed by atoms with E-state index in [1.54, 1.807) is 18.2 Å². The highest BCUT2D eigenvalue weighted by Gasteiger charge is 2.34. The second-order valence-corrected chi connectivity index (χ2v) is 5.92. The number of hydrogen-bond donors (Lipinski definition) is 0. The number of fused-ring (bicyclic) bond motifs is 1. The normalized spacial score (nSPS) is 22.3. The van der Waals surface area contributed by atoms with Crippen LogP contribution in [0.2, 0.25) is 0 Å². The van der Waals surface area contributed by atoms with Crippen molar-refractivity contribution in [2.75, 3.05) is 5.75 Å². The standard InChI is InChI=1S/C11H12O3S/c1-8(12)6-9-7-15(13,14)11-5-3-2-4-10(9)11/h2-5,9H,6-7H2,1H3. The van der Waals surface area contributed by atoms with Gasteiger partial charge < -0.3 is 4.79 Å². The Labute approximate surface area is 89.0 Å². The minimum atomic E-state index is -3.15. The van der Waals surface area contributed by atoms with E-state index < -0.39 is 9.84 Å². The summed E-state index contributed by atoms with van der Waals surface area (Å²) in [6.45, 7) is 1.49. The van der Waals surface area contributed by atoms with Crippen LogP contribution >= 0.6 is 0 Å². The summed E-state index contributed by atoms with van der Waals surface area (Å²) in [7, 11) is -3.15. The van der Waals surface area contributed by atoms with Crippen molar-refractivity contribution in [3.05, 3.63) is 29.8 Å². The van der Waals surface area contributed by atoms with Crippen molar-refractivity contribution < 1.29 is 13.2 Å². The molecule has 1 aromatic rings. The highest BCUT2D eigenvalue weighted by atomic mass is 32.2. The summed E-state index contributed by atoms with van der Waals surface area (Å²) in [6.07, 6.45) is 0.316. The molecule has 0 bridgehead atoms. The van der Waals surface area contributed by atoms with Gasteiger partial charge in [0.2, 0.25) is 0 Å². The highest BCUT2D eigenvalue weighted by Crippen LogP contribution is 2.36. The molecule has 0 fully saturated rings. The highest BCUT2D eigenvalue weighted by molar-refractivity contribution is 7.91. The van der Waals surface area contributed by atoms with Gasteiger partial charge in [-0.15, -0.1) is 0 Å². The molecule has 0 radical (unpaired) electrons. The fraction of sp³-hybridized carbons (Fsp3) is 0.364. The van der Waals surface area contributed by atoms with Crippen LogP contribution in [0.1, 0.15) is 24.8 Å². The van der Waals surface area contributed by atoms with Gasteiger partial charge in [-0.1, -0.05) is 18.2 Å². The molecule has 1 atom stereocenters. The molecule has 2 rings (SSSR count). The van der Waals surface area contributed by atoms with Gasteiger partial charge in [0.1, 0.15) is 5.78 Å². The van der Waals surface area contributed by atoms with Crippen molar-refractivity contribution in [1.82, 2.24) is 0 Å². The summed E-state index contributed by atoms with van der Waals surface area (Å²) in [5, 5.41) is 0. The van der Waals surface area contributed by atoms with E-state index in [9.17, 15) is 13.2 Å². The maximum atomic E-state index is 11.7. The zero-order chi connectivity index (χ0) is 11.1. The maximum absolute atomic E-state index is 11.7. The van der Waals surface area contributed by atoms with Crippen molar-refractivity contribution in [3.63, 3.8) is 0 Å². The Morgan fingerprint density at radius 3 is 2.73 bits per heavy atom.